The third-order valence-electron chi connectivity index (χ3n) is 5.33. The van der Waals surface area contributed by atoms with Crippen LogP contribution in [0.5, 0.6) is 0 Å². The first kappa shape index (κ1) is 34.1. The third kappa shape index (κ3) is 13.8. The first-order valence-corrected chi connectivity index (χ1v) is 12.7. The maximum absolute atomic E-state index is 12.3. The zero-order valence-electron chi connectivity index (χ0n) is 23.6. The van der Waals surface area contributed by atoms with Gasteiger partial charge in [-0.3, -0.25) is 0 Å². The summed E-state index contributed by atoms with van der Waals surface area (Å²) in [5.74, 6) is -1.07. The van der Waals surface area contributed by atoms with Crippen LogP contribution in [0.25, 0.3) is 0 Å². The van der Waals surface area contributed by atoms with Gasteiger partial charge in [-0.25, -0.2) is 19.2 Å². The number of benzene rings is 1. The van der Waals surface area contributed by atoms with Gasteiger partial charge in [0, 0.05) is 12.2 Å². The topological polar surface area (TPSA) is 148 Å². The molecule has 0 radical (unpaired) electrons. The third-order valence-corrected chi connectivity index (χ3v) is 5.33. The van der Waals surface area contributed by atoms with Crippen molar-refractivity contribution < 1.29 is 47.6 Å². The molecule has 0 atom stereocenters. The van der Waals surface area contributed by atoms with Crippen LogP contribution in [-0.2, 0) is 49.1 Å². The van der Waals surface area contributed by atoms with Crippen LogP contribution in [-0.4, -0.2) is 77.0 Å². The minimum atomic E-state index is -0.791. The molecule has 0 fully saturated rings. The van der Waals surface area contributed by atoms with Gasteiger partial charge in [-0.2, -0.15) is 0 Å². The maximum Gasteiger partial charge on any atom is 0.407 e. The van der Waals surface area contributed by atoms with Crippen LogP contribution in [0.3, 0.4) is 0 Å². The highest BCUT2D eigenvalue weighted by molar-refractivity contribution is 5.81. The van der Waals surface area contributed by atoms with Crippen LogP contribution >= 0.6 is 0 Å². The number of hydrogen-bond acceptors (Lipinski definition) is 10. The van der Waals surface area contributed by atoms with Crippen molar-refractivity contribution in [2.45, 2.75) is 38.8 Å². The molecule has 2 amide bonds. The number of carbonyl (C=O) groups excluding carboxylic acids is 4. The van der Waals surface area contributed by atoms with E-state index in [1.54, 1.807) is 0 Å². The smallest absolute Gasteiger partial charge is 0.407 e. The monoisotopic (exact) mass is 564 g/mol. The van der Waals surface area contributed by atoms with E-state index in [0.717, 1.165) is 23.3 Å². The molecule has 1 aromatic rings. The number of carbonyl (C=O) groups is 4. The molecule has 12 nitrogen and oxygen atoms in total. The number of alkyl carbamates (subject to hydrolysis) is 2. The van der Waals surface area contributed by atoms with Crippen LogP contribution < -0.4 is 10.6 Å². The van der Waals surface area contributed by atoms with Crippen molar-refractivity contribution in [3.05, 3.63) is 60.7 Å². The Hall–Kier alpha value is -3.90. The van der Waals surface area contributed by atoms with Crippen molar-refractivity contribution in [1.29, 1.82) is 0 Å². The van der Waals surface area contributed by atoms with E-state index in [0.29, 0.717) is 0 Å². The number of hydrogen-bond donors (Lipinski definition) is 2. The second-order valence-corrected chi connectivity index (χ2v) is 9.32. The fourth-order valence-electron chi connectivity index (χ4n) is 3.13. The Morgan fingerprint density at radius 1 is 0.650 bits per heavy atom. The van der Waals surface area contributed by atoms with Crippen LogP contribution in [0.15, 0.2) is 49.6 Å². The fourth-order valence-corrected chi connectivity index (χ4v) is 3.13. The van der Waals surface area contributed by atoms with Crippen molar-refractivity contribution in [3.63, 3.8) is 0 Å². The van der Waals surface area contributed by atoms with Gasteiger partial charge >= 0.3 is 24.1 Å². The van der Waals surface area contributed by atoms with Gasteiger partial charge in [0.05, 0.1) is 37.5 Å². The number of esters is 2. The summed E-state index contributed by atoms with van der Waals surface area (Å²) in [5.41, 5.74) is -0.00583. The Kier molecular flexibility index (Phi) is 15.1. The van der Waals surface area contributed by atoms with Gasteiger partial charge in [-0.05, 0) is 38.8 Å². The van der Waals surface area contributed by atoms with E-state index in [1.165, 1.54) is 0 Å². The molecule has 0 spiro atoms. The van der Waals surface area contributed by atoms with Crippen molar-refractivity contribution in [2.24, 2.45) is 0 Å². The molecule has 2 N–H and O–H groups in total. The van der Waals surface area contributed by atoms with Crippen LogP contribution in [0, 0.1) is 0 Å². The number of amides is 2. The second-order valence-electron chi connectivity index (χ2n) is 9.32. The normalized spacial score (nSPS) is 11.1. The molecule has 0 aliphatic rings. The van der Waals surface area contributed by atoms with E-state index < -0.39 is 35.2 Å². The summed E-state index contributed by atoms with van der Waals surface area (Å²) < 4.78 is 30.4. The molecule has 0 saturated carbocycles. The van der Waals surface area contributed by atoms with E-state index in [4.69, 9.17) is 28.4 Å². The van der Waals surface area contributed by atoms with Crippen LogP contribution in [0.4, 0.5) is 9.59 Å². The van der Waals surface area contributed by atoms with Crippen molar-refractivity contribution in [1.82, 2.24) is 10.6 Å². The summed E-state index contributed by atoms with van der Waals surface area (Å²) in [6, 6.07) is 7.42. The predicted molar refractivity (Wildman–Crippen MR) is 145 cm³/mol. The Morgan fingerprint density at radius 2 is 1.00 bits per heavy atom. The minimum Gasteiger partial charge on any atom is -0.460 e. The van der Waals surface area contributed by atoms with Gasteiger partial charge in [0.25, 0.3) is 0 Å². The Balaban J connectivity index is 2.48. The molecule has 222 valence electrons. The average molecular weight is 565 g/mol. The number of nitrogens with one attached hydrogen (secondary N) is 2. The largest absolute Gasteiger partial charge is 0.460 e. The lowest BCUT2D eigenvalue weighted by atomic mass is 9.87. The highest BCUT2D eigenvalue weighted by Crippen LogP contribution is 2.27. The molecule has 0 aromatic heterocycles. The fraction of sp³-hybridized carbons (Fsp3) is 0.500. The lowest BCUT2D eigenvalue weighted by molar-refractivity contribution is -0.140. The first-order chi connectivity index (χ1) is 18.9. The quantitative estimate of drug-likeness (QED) is 0.118. The highest BCUT2D eigenvalue weighted by atomic mass is 16.6. The zero-order valence-corrected chi connectivity index (χ0v) is 23.6. The number of rotatable bonds is 18. The lowest BCUT2D eigenvalue weighted by Crippen LogP contribution is -2.43. The summed E-state index contributed by atoms with van der Waals surface area (Å²) in [6.07, 6.45) is 0.872. The van der Waals surface area contributed by atoms with Crippen LogP contribution in [0.2, 0.25) is 0 Å². The molecule has 12 heteroatoms. The summed E-state index contributed by atoms with van der Waals surface area (Å²) in [7, 11) is 0. The van der Waals surface area contributed by atoms with E-state index in [9.17, 15) is 19.2 Å². The molecule has 0 bridgehead atoms. The first-order valence-electron chi connectivity index (χ1n) is 12.7. The summed E-state index contributed by atoms with van der Waals surface area (Å²) in [6.45, 7) is 14.7. The van der Waals surface area contributed by atoms with Gasteiger partial charge in [-0.1, -0.05) is 37.4 Å². The summed E-state index contributed by atoms with van der Waals surface area (Å²) in [4.78, 5) is 46.5. The van der Waals surface area contributed by atoms with Gasteiger partial charge in [0.15, 0.2) is 0 Å². The summed E-state index contributed by atoms with van der Waals surface area (Å²) in [5, 5.41) is 5.64. The van der Waals surface area contributed by atoms with Crippen LogP contribution in [0.1, 0.15) is 38.8 Å². The van der Waals surface area contributed by atoms with Crippen molar-refractivity contribution in [3.8, 4) is 0 Å². The van der Waals surface area contributed by atoms with Gasteiger partial charge in [-0.15, -0.1) is 0 Å². The van der Waals surface area contributed by atoms with E-state index in [2.05, 4.69) is 23.8 Å². The molecule has 40 heavy (non-hydrogen) atoms. The molecule has 0 heterocycles. The molecule has 1 rings (SSSR count). The van der Waals surface area contributed by atoms with E-state index in [-0.39, 0.29) is 52.9 Å². The molecular formula is C28H40N2O10. The summed E-state index contributed by atoms with van der Waals surface area (Å²) >= 11 is 0. The minimum absolute atomic E-state index is 0.0181. The Labute approximate surface area is 235 Å². The Bertz CT molecular complexity index is 931. The standard InChI is InChI=1S/C28H40N2O10/c1-7-23(31)37-16-12-35-14-18-39-25(33)29-27(3,4)21-10-9-11-22(20-21)28(5,6)30-26(34)40-19-15-36-13-17-38-24(32)8-2/h7-11,20H,1-2,12-19H2,3-6H3,(H,29,33)(H,30,34). The zero-order chi connectivity index (χ0) is 30.0. The molecular weight excluding hydrogens is 524 g/mol. The average Bonchev–Trinajstić information content (AvgIpc) is 2.91. The lowest BCUT2D eigenvalue weighted by Gasteiger charge is -2.30. The predicted octanol–water partition coefficient (Wildman–Crippen LogP) is 3.10. The Morgan fingerprint density at radius 3 is 1.35 bits per heavy atom. The van der Waals surface area contributed by atoms with Crippen molar-refractivity contribution in [2.75, 3.05) is 52.9 Å². The van der Waals surface area contributed by atoms with E-state index in [1.807, 2.05) is 52.0 Å². The second kappa shape index (κ2) is 17.6. The molecule has 0 aliphatic heterocycles. The maximum atomic E-state index is 12.3. The number of ether oxygens (including phenoxy) is 6. The van der Waals surface area contributed by atoms with Gasteiger partial charge in [0.2, 0.25) is 0 Å². The molecule has 0 unspecified atom stereocenters. The molecule has 0 saturated heterocycles. The highest BCUT2D eigenvalue weighted by Gasteiger charge is 2.28. The van der Waals surface area contributed by atoms with E-state index >= 15 is 0 Å². The van der Waals surface area contributed by atoms with Crippen molar-refractivity contribution >= 4 is 24.1 Å². The SMILES string of the molecule is C=CC(=O)OCCOCCOC(=O)NC(C)(C)c1cccc(C(C)(C)NC(=O)OCCOCCOC(=O)C=C)c1. The van der Waals surface area contributed by atoms with Gasteiger partial charge in [0.1, 0.15) is 26.4 Å². The van der Waals surface area contributed by atoms with Gasteiger partial charge < -0.3 is 39.1 Å². The molecule has 1 aromatic carbocycles. The molecule has 0 aliphatic carbocycles.